The van der Waals surface area contributed by atoms with Crippen LogP contribution in [-0.2, 0) is 9.59 Å². The summed E-state index contributed by atoms with van der Waals surface area (Å²) in [6.45, 7) is 1.60. The average molecular weight is 226 g/mol. The molecule has 0 saturated carbocycles. The second kappa shape index (κ2) is 7.42. The first kappa shape index (κ1) is 14.1. The highest BCUT2D eigenvalue weighted by molar-refractivity contribution is 5.73. The molecular weight excluding hydrogens is 212 g/mol. The van der Waals surface area contributed by atoms with Crippen LogP contribution in [0.1, 0.15) is 25.0 Å². The van der Waals surface area contributed by atoms with Crippen LogP contribution >= 0.6 is 0 Å². The highest BCUT2D eigenvalue weighted by atomic mass is 16.4. The maximum atomic E-state index is 10.2. The average Bonchev–Trinajstić information content (AvgIpc) is 2.29. The number of aliphatic hydroxyl groups excluding tert-OH is 1. The lowest BCUT2D eigenvalue weighted by molar-refractivity contribution is -0.147. The van der Waals surface area contributed by atoms with E-state index in [1.807, 2.05) is 0 Å². The van der Waals surface area contributed by atoms with Crippen molar-refractivity contribution in [1.82, 2.24) is 0 Å². The number of hydrogen-bond donors (Lipinski definition) is 3. The molecule has 0 spiro atoms. The van der Waals surface area contributed by atoms with Crippen molar-refractivity contribution in [2.24, 2.45) is 0 Å². The van der Waals surface area contributed by atoms with Gasteiger partial charge in [-0.3, -0.25) is 4.79 Å². The second-order valence-corrected chi connectivity index (χ2v) is 2.90. The first-order valence-electron chi connectivity index (χ1n) is 4.66. The van der Waals surface area contributed by atoms with Crippen molar-refractivity contribution in [3.05, 3.63) is 35.9 Å². The molecule has 88 valence electrons. The Balaban J connectivity index is 0.000000385. The van der Waals surface area contributed by atoms with Crippen LogP contribution in [-0.4, -0.2) is 27.3 Å². The number of hydrogen-bond acceptors (Lipinski definition) is 3. The molecule has 0 radical (unpaired) electrons. The molecular formula is C11H14O5. The van der Waals surface area contributed by atoms with Crippen molar-refractivity contribution in [2.45, 2.75) is 19.4 Å². The minimum Gasteiger partial charge on any atom is -0.481 e. The van der Waals surface area contributed by atoms with Gasteiger partial charge in [-0.25, -0.2) is 4.79 Å². The summed E-state index contributed by atoms with van der Waals surface area (Å²) in [6, 6.07) is 8.26. The molecule has 16 heavy (non-hydrogen) atoms. The normalized spacial score (nSPS) is 10.9. The van der Waals surface area contributed by atoms with Crippen molar-refractivity contribution in [3.63, 3.8) is 0 Å². The van der Waals surface area contributed by atoms with Crippen LogP contribution in [0.3, 0.4) is 0 Å². The van der Waals surface area contributed by atoms with Crippen molar-refractivity contribution in [1.29, 1.82) is 0 Å². The lowest BCUT2D eigenvalue weighted by atomic mass is 10.1. The van der Waals surface area contributed by atoms with Gasteiger partial charge in [0.25, 0.3) is 0 Å². The summed E-state index contributed by atoms with van der Waals surface area (Å²) < 4.78 is 0. The van der Waals surface area contributed by atoms with Gasteiger partial charge >= 0.3 is 11.9 Å². The number of benzene rings is 1. The van der Waals surface area contributed by atoms with Crippen LogP contribution in [0.25, 0.3) is 0 Å². The second-order valence-electron chi connectivity index (χ2n) is 2.90. The van der Waals surface area contributed by atoms with Crippen LogP contribution in [0, 0.1) is 0 Å². The van der Waals surface area contributed by atoms with Crippen LogP contribution in [0.15, 0.2) is 30.3 Å². The molecule has 0 aliphatic carbocycles. The summed E-state index contributed by atoms with van der Waals surface area (Å²) in [5, 5.41) is 25.1. The van der Waals surface area contributed by atoms with E-state index in [0.29, 0.717) is 5.56 Å². The standard InChI is InChI=1S/C8H8O3.C3H6O2/c9-7(8(10)11)6-4-2-1-3-5-6;1-2-3(4)5/h1-5,7,9H,(H,10,11);2H2,1H3,(H,4,5). The summed E-state index contributed by atoms with van der Waals surface area (Å²) >= 11 is 0. The van der Waals surface area contributed by atoms with Gasteiger partial charge < -0.3 is 15.3 Å². The molecule has 5 heteroatoms. The van der Waals surface area contributed by atoms with Crippen LogP contribution < -0.4 is 0 Å². The highest BCUT2D eigenvalue weighted by Gasteiger charge is 2.14. The van der Waals surface area contributed by atoms with Gasteiger partial charge in [-0.15, -0.1) is 0 Å². The van der Waals surface area contributed by atoms with Gasteiger partial charge in [-0.1, -0.05) is 37.3 Å². The van der Waals surface area contributed by atoms with Gasteiger partial charge in [0, 0.05) is 6.42 Å². The Kier molecular flexibility index (Phi) is 6.55. The molecule has 1 aromatic carbocycles. The smallest absolute Gasteiger partial charge is 0.337 e. The Morgan fingerprint density at radius 1 is 1.19 bits per heavy atom. The zero-order valence-corrected chi connectivity index (χ0v) is 8.83. The Morgan fingerprint density at radius 2 is 1.62 bits per heavy atom. The fourth-order valence-corrected chi connectivity index (χ4v) is 0.778. The molecule has 1 aromatic rings. The Bertz CT molecular complexity index is 333. The number of carbonyl (C=O) groups is 2. The molecule has 1 atom stereocenters. The van der Waals surface area contributed by atoms with Gasteiger partial charge in [0.1, 0.15) is 0 Å². The van der Waals surface area contributed by atoms with Crippen molar-refractivity contribution in [2.75, 3.05) is 0 Å². The van der Waals surface area contributed by atoms with Crippen molar-refractivity contribution in [3.8, 4) is 0 Å². The topological polar surface area (TPSA) is 94.8 Å². The predicted molar refractivity (Wildman–Crippen MR) is 57.0 cm³/mol. The van der Waals surface area contributed by atoms with E-state index in [9.17, 15) is 9.59 Å². The molecule has 3 N–H and O–H groups in total. The third-order valence-electron chi connectivity index (χ3n) is 1.65. The summed E-state index contributed by atoms with van der Waals surface area (Å²) in [5.74, 6) is -1.97. The van der Waals surface area contributed by atoms with Crippen molar-refractivity contribution >= 4 is 11.9 Å². The molecule has 0 saturated heterocycles. The largest absolute Gasteiger partial charge is 0.481 e. The first-order chi connectivity index (χ1) is 7.49. The molecule has 0 bridgehead atoms. The lowest BCUT2D eigenvalue weighted by Gasteiger charge is -2.03. The van der Waals surface area contributed by atoms with E-state index < -0.39 is 18.0 Å². The van der Waals surface area contributed by atoms with Gasteiger partial charge in [0.05, 0.1) is 0 Å². The fourth-order valence-electron chi connectivity index (χ4n) is 0.778. The fraction of sp³-hybridized carbons (Fsp3) is 0.273. The highest BCUT2D eigenvalue weighted by Crippen LogP contribution is 2.10. The van der Waals surface area contributed by atoms with E-state index in [1.165, 1.54) is 0 Å². The zero-order valence-electron chi connectivity index (χ0n) is 8.83. The van der Waals surface area contributed by atoms with E-state index >= 15 is 0 Å². The van der Waals surface area contributed by atoms with Crippen LogP contribution in [0.5, 0.6) is 0 Å². The van der Waals surface area contributed by atoms with E-state index in [4.69, 9.17) is 15.3 Å². The Hall–Kier alpha value is -1.88. The summed E-state index contributed by atoms with van der Waals surface area (Å²) in [6.07, 6.45) is -1.18. The van der Waals surface area contributed by atoms with Gasteiger partial charge in [0.2, 0.25) is 0 Å². The van der Waals surface area contributed by atoms with Gasteiger partial charge in [-0.2, -0.15) is 0 Å². The predicted octanol–water partition coefficient (Wildman–Crippen LogP) is 1.29. The molecule has 0 heterocycles. The molecule has 0 amide bonds. The summed E-state index contributed by atoms with van der Waals surface area (Å²) in [7, 11) is 0. The third-order valence-corrected chi connectivity index (χ3v) is 1.65. The van der Waals surface area contributed by atoms with E-state index in [-0.39, 0.29) is 6.42 Å². The molecule has 5 nitrogen and oxygen atoms in total. The third kappa shape index (κ3) is 5.77. The number of carboxylic acids is 2. The summed E-state index contributed by atoms with van der Waals surface area (Å²) in [5.41, 5.74) is 0.403. The summed E-state index contributed by atoms with van der Waals surface area (Å²) in [4.78, 5) is 19.6. The number of aliphatic carboxylic acids is 2. The maximum absolute atomic E-state index is 10.2. The lowest BCUT2D eigenvalue weighted by Crippen LogP contribution is -2.09. The first-order valence-corrected chi connectivity index (χ1v) is 4.66. The minimum absolute atomic E-state index is 0.222. The SMILES string of the molecule is CCC(=O)O.O=C(O)C(O)c1ccccc1. The Labute approximate surface area is 93.0 Å². The van der Waals surface area contributed by atoms with E-state index in [1.54, 1.807) is 37.3 Å². The quantitative estimate of drug-likeness (QED) is 0.721. The molecule has 0 fully saturated rings. The molecule has 0 aliphatic heterocycles. The zero-order chi connectivity index (χ0) is 12.6. The maximum Gasteiger partial charge on any atom is 0.337 e. The van der Waals surface area contributed by atoms with Crippen LogP contribution in [0.4, 0.5) is 0 Å². The minimum atomic E-state index is -1.41. The Morgan fingerprint density at radius 3 is 1.94 bits per heavy atom. The van der Waals surface area contributed by atoms with Gasteiger partial charge in [-0.05, 0) is 5.56 Å². The van der Waals surface area contributed by atoms with E-state index in [0.717, 1.165) is 0 Å². The van der Waals surface area contributed by atoms with E-state index in [2.05, 4.69) is 0 Å². The molecule has 0 aliphatic rings. The number of rotatable bonds is 3. The number of carboxylic acid groups (broad SMARTS) is 2. The molecule has 1 rings (SSSR count). The van der Waals surface area contributed by atoms with Crippen molar-refractivity contribution < 1.29 is 24.9 Å². The number of aliphatic hydroxyl groups is 1. The van der Waals surface area contributed by atoms with Crippen LogP contribution in [0.2, 0.25) is 0 Å². The molecule has 1 unspecified atom stereocenters. The van der Waals surface area contributed by atoms with Gasteiger partial charge in [0.15, 0.2) is 6.10 Å². The molecule has 0 aromatic heterocycles. The monoisotopic (exact) mass is 226 g/mol.